The zero-order valence-electron chi connectivity index (χ0n) is 13.4. The summed E-state index contributed by atoms with van der Waals surface area (Å²) in [5.74, 6) is 0.849. The number of fused-ring (bicyclic) bond motifs is 1. The van der Waals surface area contributed by atoms with Crippen molar-refractivity contribution in [3.8, 4) is 0 Å². The van der Waals surface area contributed by atoms with E-state index in [1.54, 1.807) is 12.4 Å². The quantitative estimate of drug-likeness (QED) is 0.802. The van der Waals surface area contributed by atoms with E-state index in [-0.39, 0.29) is 6.61 Å². The maximum atomic E-state index is 12.2. The summed E-state index contributed by atoms with van der Waals surface area (Å²) in [5.41, 5.74) is 2.37. The lowest BCUT2D eigenvalue weighted by Crippen LogP contribution is -2.37. The average Bonchev–Trinajstić information content (AvgIpc) is 3.30. The molecule has 1 amide bonds. The number of pyridine rings is 1. The minimum atomic E-state index is -0.429. The number of carbonyl (C=O) groups excluding carboxylic acids is 1. The Morgan fingerprint density at radius 1 is 1.29 bits per heavy atom. The van der Waals surface area contributed by atoms with Crippen LogP contribution in [0.1, 0.15) is 24.2 Å². The lowest BCUT2D eigenvalue weighted by molar-refractivity contribution is 0.133. The highest BCUT2D eigenvalue weighted by Gasteiger charge is 2.49. The van der Waals surface area contributed by atoms with Gasteiger partial charge in [0.05, 0.1) is 17.2 Å². The molecule has 1 aliphatic rings. The SMILES string of the molecule is Cn1c(C2(NC(=O)OCc3ccccc3)CC2)nc2ccncc21. The molecule has 2 aromatic heterocycles. The molecule has 1 N–H and O–H groups in total. The van der Waals surface area contributed by atoms with Crippen molar-refractivity contribution in [2.75, 3.05) is 0 Å². The largest absolute Gasteiger partial charge is 0.445 e. The van der Waals surface area contributed by atoms with Crippen LogP contribution in [0.3, 0.4) is 0 Å². The number of hydrogen-bond donors (Lipinski definition) is 1. The van der Waals surface area contributed by atoms with Crippen LogP contribution in [0.25, 0.3) is 11.0 Å². The fourth-order valence-electron chi connectivity index (χ4n) is 2.95. The summed E-state index contributed by atoms with van der Waals surface area (Å²) in [6.07, 6.45) is 4.81. The first-order valence-corrected chi connectivity index (χ1v) is 7.94. The predicted octanol–water partition coefficient (Wildman–Crippen LogP) is 2.88. The molecule has 122 valence electrons. The lowest BCUT2D eigenvalue weighted by Gasteiger charge is -2.17. The van der Waals surface area contributed by atoms with Crippen molar-refractivity contribution in [3.05, 3.63) is 60.2 Å². The number of hydrogen-bond acceptors (Lipinski definition) is 4. The van der Waals surface area contributed by atoms with E-state index in [0.29, 0.717) is 0 Å². The number of carbonyl (C=O) groups is 1. The highest BCUT2D eigenvalue weighted by molar-refractivity contribution is 5.76. The first kappa shape index (κ1) is 14.7. The van der Waals surface area contributed by atoms with Gasteiger partial charge >= 0.3 is 6.09 Å². The van der Waals surface area contributed by atoms with Crippen molar-refractivity contribution < 1.29 is 9.53 Å². The number of nitrogens with one attached hydrogen (secondary N) is 1. The Morgan fingerprint density at radius 3 is 2.79 bits per heavy atom. The standard InChI is InChI=1S/C18H18N4O2/c1-22-15-11-19-10-7-14(15)20-16(22)18(8-9-18)21-17(23)24-12-13-5-3-2-4-6-13/h2-7,10-11H,8-9,12H2,1H3,(H,21,23). The Bertz CT molecular complexity index is 884. The smallest absolute Gasteiger partial charge is 0.408 e. The normalized spacial score (nSPS) is 15.2. The van der Waals surface area contributed by atoms with Crippen LogP contribution >= 0.6 is 0 Å². The number of nitrogens with zero attached hydrogens (tertiary/aromatic N) is 3. The van der Waals surface area contributed by atoms with Crippen LogP contribution in [0.15, 0.2) is 48.8 Å². The van der Waals surface area contributed by atoms with Gasteiger partial charge < -0.3 is 14.6 Å². The van der Waals surface area contributed by atoms with Gasteiger partial charge in [-0.2, -0.15) is 0 Å². The molecule has 6 nitrogen and oxygen atoms in total. The summed E-state index contributed by atoms with van der Waals surface area (Å²) in [5, 5.41) is 2.99. The molecule has 1 aliphatic carbocycles. The first-order chi connectivity index (χ1) is 11.7. The van der Waals surface area contributed by atoms with Gasteiger partial charge in [0.25, 0.3) is 0 Å². The summed E-state index contributed by atoms with van der Waals surface area (Å²) in [6.45, 7) is 0.259. The van der Waals surface area contributed by atoms with E-state index in [4.69, 9.17) is 4.74 Å². The number of imidazole rings is 1. The van der Waals surface area contributed by atoms with Crippen molar-refractivity contribution in [1.82, 2.24) is 19.9 Å². The predicted molar refractivity (Wildman–Crippen MR) is 89.2 cm³/mol. The molecule has 6 heteroatoms. The number of ether oxygens (including phenoxy) is 1. The summed E-state index contributed by atoms with van der Waals surface area (Å²) >= 11 is 0. The molecule has 24 heavy (non-hydrogen) atoms. The van der Waals surface area contributed by atoms with Crippen LogP contribution < -0.4 is 5.32 Å². The molecular weight excluding hydrogens is 304 g/mol. The maximum Gasteiger partial charge on any atom is 0.408 e. The zero-order chi connectivity index (χ0) is 16.6. The molecule has 0 aliphatic heterocycles. The zero-order valence-corrected chi connectivity index (χ0v) is 13.4. The van der Waals surface area contributed by atoms with E-state index >= 15 is 0 Å². The summed E-state index contributed by atoms with van der Waals surface area (Å²) in [7, 11) is 1.95. The van der Waals surface area contributed by atoms with Gasteiger partial charge in [-0.15, -0.1) is 0 Å². The van der Waals surface area contributed by atoms with Gasteiger partial charge in [0.1, 0.15) is 18.0 Å². The second-order valence-electron chi connectivity index (χ2n) is 6.13. The Labute approximate surface area is 139 Å². The maximum absolute atomic E-state index is 12.2. The number of aryl methyl sites for hydroxylation is 1. The van der Waals surface area contributed by atoms with E-state index in [0.717, 1.165) is 35.3 Å². The first-order valence-electron chi connectivity index (χ1n) is 7.94. The topological polar surface area (TPSA) is 69.0 Å². The summed E-state index contributed by atoms with van der Waals surface area (Å²) in [6, 6.07) is 11.5. The van der Waals surface area contributed by atoms with Crippen molar-refractivity contribution in [2.24, 2.45) is 7.05 Å². The third kappa shape index (κ3) is 2.60. The van der Waals surface area contributed by atoms with Crippen LogP contribution in [0, 0.1) is 0 Å². The minimum Gasteiger partial charge on any atom is -0.445 e. The highest BCUT2D eigenvalue weighted by atomic mass is 16.5. The second kappa shape index (κ2) is 5.63. The number of alkyl carbamates (subject to hydrolysis) is 1. The van der Waals surface area contributed by atoms with Gasteiger partial charge in [-0.25, -0.2) is 9.78 Å². The highest BCUT2D eigenvalue weighted by Crippen LogP contribution is 2.45. The Balaban J connectivity index is 1.49. The van der Waals surface area contributed by atoms with E-state index < -0.39 is 11.6 Å². The minimum absolute atomic E-state index is 0.259. The van der Waals surface area contributed by atoms with Gasteiger partial charge in [0, 0.05) is 13.2 Å². The molecule has 0 radical (unpaired) electrons. The average molecular weight is 322 g/mol. The van der Waals surface area contributed by atoms with Crippen LogP contribution in [-0.2, 0) is 23.9 Å². The molecular formula is C18H18N4O2. The fourth-order valence-corrected chi connectivity index (χ4v) is 2.95. The van der Waals surface area contributed by atoms with Crippen LogP contribution in [0.2, 0.25) is 0 Å². The molecule has 0 unspecified atom stereocenters. The van der Waals surface area contributed by atoms with E-state index in [1.807, 2.05) is 48.0 Å². The van der Waals surface area contributed by atoms with E-state index in [9.17, 15) is 4.79 Å². The number of rotatable bonds is 4. The van der Waals surface area contributed by atoms with Gasteiger partial charge in [-0.3, -0.25) is 4.98 Å². The molecule has 0 atom stereocenters. The van der Waals surface area contributed by atoms with Crippen molar-refractivity contribution >= 4 is 17.1 Å². The van der Waals surface area contributed by atoms with Crippen molar-refractivity contribution in [1.29, 1.82) is 0 Å². The van der Waals surface area contributed by atoms with Gasteiger partial charge in [0.15, 0.2) is 0 Å². The van der Waals surface area contributed by atoms with Crippen molar-refractivity contribution in [3.63, 3.8) is 0 Å². The molecule has 4 rings (SSSR count). The molecule has 0 bridgehead atoms. The molecule has 3 aromatic rings. The van der Waals surface area contributed by atoms with Gasteiger partial charge in [-0.1, -0.05) is 30.3 Å². The molecule has 1 fully saturated rings. The Morgan fingerprint density at radius 2 is 2.08 bits per heavy atom. The number of aromatic nitrogens is 3. The molecule has 2 heterocycles. The van der Waals surface area contributed by atoms with Gasteiger partial charge in [0.2, 0.25) is 0 Å². The number of amides is 1. The fraction of sp³-hybridized carbons (Fsp3) is 0.278. The number of benzene rings is 1. The monoisotopic (exact) mass is 322 g/mol. The van der Waals surface area contributed by atoms with Crippen LogP contribution in [-0.4, -0.2) is 20.6 Å². The summed E-state index contributed by atoms with van der Waals surface area (Å²) in [4.78, 5) is 21.0. The molecule has 0 spiro atoms. The van der Waals surface area contributed by atoms with E-state index in [2.05, 4.69) is 15.3 Å². The lowest BCUT2D eigenvalue weighted by atomic mass is 10.2. The van der Waals surface area contributed by atoms with Crippen LogP contribution in [0.5, 0.6) is 0 Å². The second-order valence-corrected chi connectivity index (χ2v) is 6.13. The van der Waals surface area contributed by atoms with Crippen LogP contribution in [0.4, 0.5) is 4.79 Å². The third-order valence-corrected chi connectivity index (χ3v) is 4.42. The van der Waals surface area contributed by atoms with Gasteiger partial charge in [-0.05, 0) is 24.5 Å². The molecule has 1 aromatic carbocycles. The Hall–Kier alpha value is -2.89. The van der Waals surface area contributed by atoms with Crippen molar-refractivity contribution in [2.45, 2.75) is 25.0 Å². The summed E-state index contributed by atoms with van der Waals surface area (Å²) < 4.78 is 7.33. The Kier molecular flexibility index (Phi) is 3.45. The molecule has 0 saturated heterocycles. The molecule has 1 saturated carbocycles. The van der Waals surface area contributed by atoms with E-state index in [1.165, 1.54) is 0 Å². The third-order valence-electron chi connectivity index (χ3n) is 4.42.